The Balaban J connectivity index is 2.83. The van der Waals surface area contributed by atoms with Gasteiger partial charge >= 0.3 is 0 Å². The number of anilines is 1. The van der Waals surface area contributed by atoms with Crippen molar-refractivity contribution in [1.82, 2.24) is 15.5 Å². The van der Waals surface area contributed by atoms with Crippen LogP contribution in [0.3, 0.4) is 0 Å². The number of H-pyrrole nitrogens is 1. The highest BCUT2D eigenvalue weighted by atomic mass is 16.3. The number of nitrogen functional groups attached to an aromatic ring is 1. The lowest BCUT2D eigenvalue weighted by molar-refractivity contribution is 0.0911. The van der Waals surface area contributed by atoms with Gasteiger partial charge in [-0.25, -0.2) is 0 Å². The summed E-state index contributed by atoms with van der Waals surface area (Å²) in [6.45, 7) is 5.72. The molecule has 1 amide bonds. The topological polar surface area (TPSA) is 104 Å². The number of carbonyl (C=O) groups is 1. The first kappa shape index (κ1) is 13.5. The summed E-state index contributed by atoms with van der Waals surface area (Å²) in [5.74, 6) is -0.171. The Morgan fingerprint density at radius 3 is 2.65 bits per heavy atom. The number of carbonyl (C=O) groups excluding carboxylic acids is 1. The smallest absolute Gasteiger partial charge is 0.274 e. The van der Waals surface area contributed by atoms with Crippen LogP contribution in [0, 0.1) is 0 Å². The molecule has 0 fully saturated rings. The molecule has 96 valence electrons. The molecule has 5 N–H and O–H groups in total. The highest BCUT2D eigenvalue weighted by Gasteiger charge is 2.20. The van der Waals surface area contributed by atoms with Crippen molar-refractivity contribution in [1.29, 1.82) is 0 Å². The molecule has 17 heavy (non-hydrogen) atoms. The van der Waals surface area contributed by atoms with E-state index >= 15 is 0 Å². The SMILES string of the molecule is CC[C@H](CO)NC(=O)c1n[nH]c(C(C)C)c1N. The lowest BCUT2D eigenvalue weighted by Gasteiger charge is -2.13. The van der Waals surface area contributed by atoms with E-state index in [1.54, 1.807) is 0 Å². The highest BCUT2D eigenvalue weighted by Crippen LogP contribution is 2.21. The van der Waals surface area contributed by atoms with E-state index in [1.165, 1.54) is 0 Å². The number of rotatable bonds is 5. The summed E-state index contributed by atoms with van der Waals surface area (Å²) < 4.78 is 0. The molecule has 0 spiro atoms. The summed E-state index contributed by atoms with van der Waals surface area (Å²) >= 11 is 0. The van der Waals surface area contributed by atoms with E-state index in [2.05, 4.69) is 15.5 Å². The molecule has 1 heterocycles. The predicted molar refractivity (Wildman–Crippen MR) is 65.7 cm³/mol. The lowest BCUT2D eigenvalue weighted by Crippen LogP contribution is -2.37. The minimum absolute atomic E-state index is 0.0936. The highest BCUT2D eigenvalue weighted by molar-refractivity contribution is 5.97. The van der Waals surface area contributed by atoms with E-state index in [4.69, 9.17) is 10.8 Å². The van der Waals surface area contributed by atoms with Gasteiger partial charge in [-0.05, 0) is 12.3 Å². The van der Waals surface area contributed by atoms with Crippen molar-refractivity contribution in [2.24, 2.45) is 0 Å². The molecule has 0 aromatic carbocycles. The van der Waals surface area contributed by atoms with Crippen LogP contribution < -0.4 is 11.1 Å². The predicted octanol–water partition coefficient (Wildman–Crippen LogP) is 0.616. The monoisotopic (exact) mass is 240 g/mol. The number of nitrogens with two attached hydrogens (primary N) is 1. The summed E-state index contributed by atoms with van der Waals surface area (Å²) in [5, 5.41) is 18.4. The standard InChI is InChI=1S/C11H20N4O2/c1-4-7(5-16)13-11(17)10-8(12)9(6(2)3)14-15-10/h6-7,16H,4-5,12H2,1-3H3,(H,13,17)(H,14,15)/t7-/m1/s1. The molecule has 1 aromatic rings. The Hall–Kier alpha value is -1.56. The molecule has 0 unspecified atom stereocenters. The molecule has 0 aliphatic carbocycles. The van der Waals surface area contributed by atoms with Crippen LogP contribution in [0.1, 0.15) is 49.3 Å². The van der Waals surface area contributed by atoms with Crippen LogP contribution in [0.25, 0.3) is 0 Å². The third kappa shape index (κ3) is 2.97. The molecule has 0 aliphatic heterocycles. The van der Waals surface area contributed by atoms with Crippen LogP contribution in [0.5, 0.6) is 0 Å². The second kappa shape index (κ2) is 5.67. The summed E-state index contributed by atoms with van der Waals surface area (Å²) in [4.78, 5) is 11.8. The van der Waals surface area contributed by atoms with E-state index in [-0.39, 0.29) is 30.2 Å². The van der Waals surface area contributed by atoms with Gasteiger partial charge in [-0.15, -0.1) is 0 Å². The molecule has 6 nitrogen and oxygen atoms in total. The fraction of sp³-hybridized carbons (Fsp3) is 0.636. The van der Waals surface area contributed by atoms with Crippen LogP contribution in [-0.4, -0.2) is 33.9 Å². The van der Waals surface area contributed by atoms with Crippen molar-refractivity contribution in [3.8, 4) is 0 Å². The van der Waals surface area contributed by atoms with E-state index in [1.807, 2.05) is 20.8 Å². The molecule has 1 atom stereocenters. The second-order valence-corrected chi connectivity index (χ2v) is 4.32. The zero-order valence-corrected chi connectivity index (χ0v) is 10.4. The van der Waals surface area contributed by atoms with Gasteiger partial charge in [-0.1, -0.05) is 20.8 Å². The number of aliphatic hydroxyl groups is 1. The Bertz CT molecular complexity index is 383. The summed E-state index contributed by atoms with van der Waals surface area (Å²) in [5.41, 5.74) is 7.18. The zero-order valence-electron chi connectivity index (χ0n) is 10.4. The van der Waals surface area contributed by atoms with Gasteiger partial charge in [0.05, 0.1) is 24.0 Å². The van der Waals surface area contributed by atoms with Gasteiger partial charge in [0, 0.05) is 0 Å². The van der Waals surface area contributed by atoms with Gasteiger partial charge < -0.3 is 16.2 Å². The van der Waals surface area contributed by atoms with E-state index in [0.29, 0.717) is 12.1 Å². The van der Waals surface area contributed by atoms with Crippen LogP contribution in [0.2, 0.25) is 0 Å². The fourth-order valence-corrected chi connectivity index (χ4v) is 1.51. The number of hydrogen-bond donors (Lipinski definition) is 4. The Kier molecular flexibility index (Phi) is 4.51. The maximum absolute atomic E-state index is 11.8. The average molecular weight is 240 g/mol. The first-order valence-electron chi connectivity index (χ1n) is 5.76. The Morgan fingerprint density at radius 1 is 1.59 bits per heavy atom. The maximum Gasteiger partial charge on any atom is 0.274 e. The molecular weight excluding hydrogens is 220 g/mol. The molecule has 1 aromatic heterocycles. The van der Waals surface area contributed by atoms with Crippen molar-refractivity contribution >= 4 is 11.6 Å². The number of aromatic amines is 1. The van der Waals surface area contributed by atoms with E-state index < -0.39 is 0 Å². The Morgan fingerprint density at radius 2 is 2.24 bits per heavy atom. The first-order chi connectivity index (χ1) is 8.01. The van der Waals surface area contributed by atoms with E-state index in [0.717, 1.165) is 5.69 Å². The van der Waals surface area contributed by atoms with Gasteiger partial charge in [-0.3, -0.25) is 9.89 Å². The second-order valence-electron chi connectivity index (χ2n) is 4.32. The fourth-order valence-electron chi connectivity index (χ4n) is 1.51. The molecule has 0 saturated heterocycles. The molecule has 0 radical (unpaired) electrons. The summed E-state index contributed by atoms with van der Waals surface area (Å²) in [6, 6.07) is -0.263. The summed E-state index contributed by atoms with van der Waals surface area (Å²) in [7, 11) is 0. The van der Waals surface area contributed by atoms with Gasteiger partial charge in [-0.2, -0.15) is 5.10 Å². The summed E-state index contributed by atoms with van der Waals surface area (Å²) in [6.07, 6.45) is 0.656. The van der Waals surface area contributed by atoms with Crippen molar-refractivity contribution in [3.05, 3.63) is 11.4 Å². The molecular formula is C11H20N4O2. The maximum atomic E-state index is 11.8. The van der Waals surface area contributed by atoms with Crippen molar-refractivity contribution < 1.29 is 9.90 Å². The zero-order chi connectivity index (χ0) is 13.0. The third-order valence-corrected chi connectivity index (χ3v) is 2.67. The van der Waals surface area contributed by atoms with Crippen LogP contribution in [-0.2, 0) is 0 Å². The molecule has 6 heteroatoms. The Labute approximate surface area is 101 Å². The number of aliphatic hydroxyl groups excluding tert-OH is 1. The number of nitrogens with one attached hydrogen (secondary N) is 2. The quantitative estimate of drug-likeness (QED) is 0.605. The largest absolute Gasteiger partial charge is 0.395 e. The first-order valence-corrected chi connectivity index (χ1v) is 5.76. The molecule has 1 rings (SSSR count). The van der Waals surface area contributed by atoms with Gasteiger partial charge in [0.2, 0.25) is 0 Å². The molecule has 0 saturated carbocycles. The lowest BCUT2D eigenvalue weighted by atomic mass is 10.1. The van der Waals surface area contributed by atoms with Crippen LogP contribution >= 0.6 is 0 Å². The van der Waals surface area contributed by atoms with Gasteiger partial charge in [0.1, 0.15) is 0 Å². The van der Waals surface area contributed by atoms with Gasteiger partial charge in [0.25, 0.3) is 5.91 Å². The average Bonchev–Trinajstić information content (AvgIpc) is 2.67. The van der Waals surface area contributed by atoms with E-state index in [9.17, 15) is 4.79 Å². The van der Waals surface area contributed by atoms with Crippen molar-refractivity contribution in [2.75, 3.05) is 12.3 Å². The minimum Gasteiger partial charge on any atom is -0.395 e. The minimum atomic E-state index is -0.355. The van der Waals surface area contributed by atoms with Gasteiger partial charge in [0.15, 0.2) is 5.69 Å². The van der Waals surface area contributed by atoms with Crippen molar-refractivity contribution in [3.63, 3.8) is 0 Å². The van der Waals surface area contributed by atoms with Crippen molar-refractivity contribution in [2.45, 2.75) is 39.2 Å². The third-order valence-electron chi connectivity index (χ3n) is 2.67. The number of nitrogens with zero attached hydrogens (tertiary/aromatic N) is 1. The molecule has 0 aliphatic rings. The molecule has 0 bridgehead atoms. The normalized spacial score (nSPS) is 12.8. The number of hydrogen-bond acceptors (Lipinski definition) is 4. The van der Waals surface area contributed by atoms with Crippen LogP contribution in [0.15, 0.2) is 0 Å². The number of aromatic nitrogens is 2. The number of amides is 1. The van der Waals surface area contributed by atoms with Crippen LogP contribution in [0.4, 0.5) is 5.69 Å².